The van der Waals surface area contributed by atoms with Gasteiger partial charge in [0.05, 0.1) is 11.3 Å². The molecule has 9 heteroatoms. The number of fused-ring (bicyclic) bond motifs is 1. The number of carbonyl (C=O) groups is 1. The van der Waals surface area contributed by atoms with E-state index in [0.717, 1.165) is 17.7 Å². The topological polar surface area (TPSA) is 71.3 Å². The number of hydrogen-bond acceptors (Lipinski definition) is 3. The normalized spacial score (nSPS) is 11.4. The molecule has 2 N–H and O–H groups in total. The molecule has 29 heavy (non-hydrogen) atoms. The van der Waals surface area contributed by atoms with E-state index in [9.17, 15) is 18.0 Å². The lowest BCUT2D eigenvalue weighted by Crippen LogP contribution is -2.19. The number of hydrogen-bond donors (Lipinski definition) is 2. The van der Waals surface area contributed by atoms with Crippen LogP contribution in [0.15, 0.2) is 73.2 Å². The minimum Gasteiger partial charge on any atom is -0.308 e. The quantitative estimate of drug-likeness (QED) is 0.508. The van der Waals surface area contributed by atoms with Gasteiger partial charge in [-0.25, -0.2) is 14.8 Å². The van der Waals surface area contributed by atoms with Crippen molar-refractivity contribution < 1.29 is 18.0 Å². The van der Waals surface area contributed by atoms with Gasteiger partial charge in [0.15, 0.2) is 0 Å². The van der Waals surface area contributed by atoms with E-state index in [1.54, 1.807) is 34.9 Å². The number of aromatic nitrogens is 3. The standard InChI is InChI=1S/C20H14F3N5O/c21-20(22,23)14-5-2-7-16(11-14)26-19(29)25-15-6-1-4-13(10-15)17-12-28-9-3-8-24-18(28)27-17/h1-12H,(H2,25,26,29). The highest BCUT2D eigenvalue weighted by Crippen LogP contribution is 2.30. The number of urea groups is 1. The molecule has 2 aromatic heterocycles. The maximum absolute atomic E-state index is 12.8. The fraction of sp³-hybridized carbons (Fsp3) is 0.0500. The van der Waals surface area contributed by atoms with Gasteiger partial charge in [-0.3, -0.25) is 4.40 Å². The second-order valence-electron chi connectivity index (χ2n) is 6.19. The first-order valence-corrected chi connectivity index (χ1v) is 8.54. The predicted octanol–water partition coefficient (Wildman–Crippen LogP) is 5.06. The molecule has 146 valence electrons. The number of imidazole rings is 1. The Hall–Kier alpha value is -3.88. The van der Waals surface area contributed by atoms with Crippen molar-refractivity contribution in [3.8, 4) is 11.3 Å². The van der Waals surface area contributed by atoms with Crippen molar-refractivity contribution in [1.29, 1.82) is 0 Å². The van der Waals surface area contributed by atoms with E-state index >= 15 is 0 Å². The summed E-state index contributed by atoms with van der Waals surface area (Å²) in [5.74, 6) is 0.545. The van der Waals surface area contributed by atoms with Gasteiger partial charge < -0.3 is 10.6 Å². The number of nitrogens with one attached hydrogen (secondary N) is 2. The van der Waals surface area contributed by atoms with Crippen molar-refractivity contribution in [3.63, 3.8) is 0 Å². The molecule has 2 aromatic carbocycles. The number of benzene rings is 2. The molecule has 4 rings (SSSR count). The highest BCUT2D eigenvalue weighted by Gasteiger charge is 2.30. The molecule has 0 aliphatic carbocycles. The maximum Gasteiger partial charge on any atom is 0.416 e. The molecule has 0 saturated carbocycles. The molecule has 2 heterocycles. The molecule has 0 fully saturated rings. The second-order valence-corrected chi connectivity index (χ2v) is 6.19. The van der Waals surface area contributed by atoms with Crippen LogP contribution in [0, 0.1) is 0 Å². The zero-order valence-corrected chi connectivity index (χ0v) is 14.8. The molecule has 0 aliphatic rings. The van der Waals surface area contributed by atoms with Crippen molar-refractivity contribution in [1.82, 2.24) is 14.4 Å². The van der Waals surface area contributed by atoms with Crippen LogP contribution in [-0.4, -0.2) is 20.4 Å². The Balaban J connectivity index is 1.50. The minimum atomic E-state index is -4.48. The molecule has 0 atom stereocenters. The third-order valence-electron chi connectivity index (χ3n) is 4.10. The lowest BCUT2D eigenvalue weighted by molar-refractivity contribution is -0.137. The summed E-state index contributed by atoms with van der Waals surface area (Å²) in [5, 5.41) is 5.01. The number of anilines is 2. The Kier molecular flexibility index (Phi) is 4.63. The van der Waals surface area contributed by atoms with Gasteiger partial charge in [-0.1, -0.05) is 18.2 Å². The molecule has 0 saturated heterocycles. The van der Waals surface area contributed by atoms with E-state index in [2.05, 4.69) is 20.6 Å². The predicted molar refractivity (Wildman–Crippen MR) is 103 cm³/mol. The van der Waals surface area contributed by atoms with Crippen molar-refractivity contribution in [2.45, 2.75) is 6.18 Å². The first-order valence-electron chi connectivity index (χ1n) is 8.54. The van der Waals surface area contributed by atoms with Gasteiger partial charge in [0.25, 0.3) is 0 Å². The van der Waals surface area contributed by atoms with Gasteiger partial charge in [-0.15, -0.1) is 0 Å². The molecule has 0 aliphatic heterocycles. The van der Waals surface area contributed by atoms with Crippen LogP contribution < -0.4 is 10.6 Å². The molecule has 0 radical (unpaired) electrons. The number of carbonyl (C=O) groups excluding carboxylic acids is 1. The lowest BCUT2D eigenvalue weighted by Gasteiger charge is -2.11. The smallest absolute Gasteiger partial charge is 0.308 e. The molecular weight excluding hydrogens is 383 g/mol. The largest absolute Gasteiger partial charge is 0.416 e. The number of alkyl halides is 3. The zero-order chi connectivity index (χ0) is 20.4. The molecule has 0 bridgehead atoms. The number of amides is 2. The summed E-state index contributed by atoms with van der Waals surface area (Å²) in [4.78, 5) is 20.8. The zero-order valence-electron chi connectivity index (χ0n) is 14.8. The maximum atomic E-state index is 12.8. The molecule has 4 aromatic rings. The molecule has 0 spiro atoms. The van der Waals surface area contributed by atoms with E-state index in [4.69, 9.17) is 0 Å². The Morgan fingerprint density at radius 2 is 1.69 bits per heavy atom. The van der Waals surface area contributed by atoms with Crippen molar-refractivity contribution in [2.24, 2.45) is 0 Å². The average molecular weight is 397 g/mol. The first kappa shape index (κ1) is 18.5. The van der Waals surface area contributed by atoms with Crippen molar-refractivity contribution in [3.05, 3.63) is 78.8 Å². The summed E-state index contributed by atoms with van der Waals surface area (Å²) < 4.78 is 40.2. The molecular formula is C20H14F3N5O. The Bertz CT molecular complexity index is 1150. The fourth-order valence-electron chi connectivity index (χ4n) is 2.79. The van der Waals surface area contributed by atoms with Crippen molar-refractivity contribution >= 4 is 23.2 Å². The van der Waals surface area contributed by atoms with Crippen LogP contribution in [0.5, 0.6) is 0 Å². The first-order chi connectivity index (χ1) is 13.9. The third-order valence-corrected chi connectivity index (χ3v) is 4.10. The Morgan fingerprint density at radius 1 is 0.966 bits per heavy atom. The number of halogens is 3. The summed E-state index contributed by atoms with van der Waals surface area (Å²) in [7, 11) is 0. The van der Waals surface area contributed by atoms with Crippen LogP contribution in [-0.2, 0) is 6.18 Å². The number of nitrogens with zero attached hydrogens (tertiary/aromatic N) is 3. The van der Waals surface area contributed by atoms with Crippen LogP contribution in [0.25, 0.3) is 17.0 Å². The third kappa shape index (κ3) is 4.18. The fourth-order valence-corrected chi connectivity index (χ4v) is 2.79. The summed E-state index contributed by atoms with van der Waals surface area (Å²) in [6.45, 7) is 0. The Labute approximate surface area is 163 Å². The monoisotopic (exact) mass is 397 g/mol. The van der Waals surface area contributed by atoms with Crippen LogP contribution in [0.4, 0.5) is 29.3 Å². The van der Waals surface area contributed by atoms with Gasteiger partial charge >= 0.3 is 12.2 Å². The average Bonchev–Trinajstić information content (AvgIpc) is 3.12. The van der Waals surface area contributed by atoms with Crippen LogP contribution in [0.1, 0.15) is 5.56 Å². The van der Waals surface area contributed by atoms with Gasteiger partial charge in [0.2, 0.25) is 5.78 Å². The molecule has 2 amide bonds. The second kappa shape index (κ2) is 7.27. The summed E-state index contributed by atoms with van der Waals surface area (Å²) >= 11 is 0. The van der Waals surface area contributed by atoms with Gasteiger partial charge in [0.1, 0.15) is 0 Å². The van der Waals surface area contributed by atoms with Gasteiger partial charge in [0, 0.05) is 35.5 Å². The van der Waals surface area contributed by atoms with E-state index in [1.807, 2.05) is 18.5 Å². The summed E-state index contributed by atoms with van der Waals surface area (Å²) in [6, 6.07) is 12.5. The Morgan fingerprint density at radius 3 is 2.41 bits per heavy atom. The molecule has 6 nitrogen and oxygen atoms in total. The summed E-state index contributed by atoms with van der Waals surface area (Å²) in [6.07, 6.45) is 0.793. The highest BCUT2D eigenvalue weighted by atomic mass is 19.4. The van der Waals surface area contributed by atoms with Crippen LogP contribution in [0.3, 0.4) is 0 Å². The van der Waals surface area contributed by atoms with E-state index in [-0.39, 0.29) is 5.69 Å². The molecule has 0 unspecified atom stereocenters. The van der Waals surface area contributed by atoms with Crippen LogP contribution in [0.2, 0.25) is 0 Å². The van der Waals surface area contributed by atoms with Crippen molar-refractivity contribution in [2.75, 3.05) is 10.6 Å². The minimum absolute atomic E-state index is 0.0416. The highest BCUT2D eigenvalue weighted by molar-refractivity contribution is 6.00. The number of rotatable bonds is 3. The van der Waals surface area contributed by atoms with Gasteiger partial charge in [-0.2, -0.15) is 13.2 Å². The van der Waals surface area contributed by atoms with Crippen LogP contribution >= 0.6 is 0 Å². The summed E-state index contributed by atoms with van der Waals surface area (Å²) in [5.41, 5.74) is 1.10. The van der Waals surface area contributed by atoms with E-state index in [0.29, 0.717) is 17.2 Å². The van der Waals surface area contributed by atoms with E-state index < -0.39 is 17.8 Å². The lowest BCUT2D eigenvalue weighted by atomic mass is 10.1. The van der Waals surface area contributed by atoms with Gasteiger partial charge in [-0.05, 0) is 36.4 Å². The SMILES string of the molecule is O=C(Nc1cccc(-c2cn3cccnc3n2)c1)Nc1cccc(C(F)(F)F)c1. The van der Waals surface area contributed by atoms with E-state index in [1.165, 1.54) is 12.1 Å².